The molecule has 0 amide bonds. The number of hydrogen-bond acceptors (Lipinski definition) is 5. The number of hydrogen-bond donors (Lipinski definition) is 4. The molecular weight excluding hydrogens is 386 g/mol. The van der Waals surface area contributed by atoms with Crippen molar-refractivity contribution < 1.29 is 9.90 Å². The topological polar surface area (TPSA) is 76.6 Å². The normalized spacial score (nSPS) is 36.2. The molecule has 1 aliphatic carbocycles. The van der Waals surface area contributed by atoms with Crippen LogP contribution in [0.3, 0.4) is 0 Å². The van der Waals surface area contributed by atoms with Crippen molar-refractivity contribution in [3.05, 3.63) is 0 Å². The summed E-state index contributed by atoms with van der Waals surface area (Å²) in [6, 6.07) is 0. The molecule has 2 rings (SSSR count). The Morgan fingerprint density at radius 3 is 2.30 bits per heavy atom. The lowest BCUT2D eigenvalue weighted by molar-refractivity contribution is -0.139. The zero-order valence-electron chi connectivity index (χ0n) is 12.7. The van der Waals surface area contributed by atoms with E-state index < -0.39 is 22.2 Å². The zero-order valence-corrected chi connectivity index (χ0v) is 15.8. The van der Waals surface area contributed by atoms with Crippen LogP contribution in [0.15, 0.2) is 0 Å². The molecule has 1 saturated heterocycles. The molecule has 0 aromatic heterocycles. The van der Waals surface area contributed by atoms with Crippen LogP contribution in [0.25, 0.3) is 0 Å². The molecule has 2 fully saturated rings. The summed E-state index contributed by atoms with van der Waals surface area (Å²) in [4.78, 5) is 12.6. The van der Waals surface area contributed by atoms with Gasteiger partial charge in [0.1, 0.15) is 12.5 Å². The fourth-order valence-electron chi connectivity index (χ4n) is 3.08. The molecule has 4 N–H and O–H groups in total. The van der Waals surface area contributed by atoms with Crippen molar-refractivity contribution in [2.45, 2.75) is 53.5 Å². The zero-order chi connectivity index (χ0) is 17.2. The van der Waals surface area contributed by atoms with Gasteiger partial charge in [0, 0.05) is 5.38 Å². The number of carboxylic acids is 1. The SMILES string of the molecule is CN(CC(=O)O)C1NC(C2CCC(Cl)CC2)NC(C(Cl)(Cl)Cl)N1. The van der Waals surface area contributed by atoms with Crippen LogP contribution in [-0.2, 0) is 4.79 Å². The molecule has 23 heavy (non-hydrogen) atoms. The number of nitrogens with zero attached hydrogens (tertiary/aromatic N) is 1. The second-order valence-corrected chi connectivity index (χ2v) is 9.16. The average molecular weight is 408 g/mol. The number of halogens is 4. The first-order valence-electron chi connectivity index (χ1n) is 7.58. The summed E-state index contributed by atoms with van der Waals surface area (Å²) in [6.45, 7) is -0.127. The van der Waals surface area contributed by atoms with Gasteiger partial charge in [-0.15, -0.1) is 11.6 Å². The molecule has 2 aliphatic rings. The standard InChI is InChI=1S/C13H22Cl4N4O2/c1-21(6-9(22)23)12-19-10(7-2-4-8(14)5-3-7)18-11(20-12)13(15,16)17/h7-8,10-12,18-20H,2-6H2,1H3,(H,22,23). The molecule has 0 aromatic carbocycles. The van der Waals surface area contributed by atoms with Crippen LogP contribution in [0.5, 0.6) is 0 Å². The maximum Gasteiger partial charge on any atom is 0.317 e. The molecule has 1 heterocycles. The van der Waals surface area contributed by atoms with E-state index in [1.54, 1.807) is 11.9 Å². The maximum atomic E-state index is 10.9. The average Bonchev–Trinajstić information content (AvgIpc) is 2.46. The van der Waals surface area contributed by atoms with Crippen LogP contribution in [-0.4, -0.2) is 57.4 Å². The molecule has 3 atom stereocenters. The fourth-order valence-corrected chi connectivity index (χ4v) is 3.71. The first kappa shape index (κ1) is 19.8. The quantitative estimate of drug-likeness (QED) is 0.533. The Morgan fingerprint density at radius 2 is 1.78 bits per heavy atom. The van der Waals surface area contributed by atoms with Gasteiger partial charge in [-0.3, -0.25) is 25.6 Å². The van der Waals surface area contributed by atoms with Crippen molar-refractivity contribution in [2.75, 3.05) is 13.6 Å². The van der Waals surface area contributed by atoms with Gasteiger partial charge in [0.2, 0.25) is 3.79 Å². The number of alkyl halides is 4. The van der Waals surface area contributed by atoms with Crippen LogP contribution < -0.4 is 16.0 Å². The third kappa shape index (κ3) is 5.75. The monoisotopic (exact) mass is 406 g/mol. The van der Waals surface area contributed by atoms with Crippen molar-refractivity contribution in [2.24, 2.45) is 5.92 Å². The third-order valence-corrected chi connectivity index (χ3v) is 5.42. The van der Waals surface area contributed by atoms with Gasteiger partial charge in [-0.25, -0.2) is 0 Å². The Labute approximate surface area is 156 Å². The molecule has 0 radical (unpaired) electrons. The molecule has 0 bridgehead atoms. The largest absolute Gasteiger partial charge is 0.480 e. The molecular formula is C13H22Cl4N4O2. The fraction of sp³-hybridized carbons (Fsp3) is 0.923. The predicted molar refractivity (Wildman–Crippen MR) is 92.9 cm³/mol. The van der Waals surface area contributed by atoms with Gasteiger partial charge in [0.25, 0.3) is 0 Å². The number of carboxylic acid groups (broad SMARTS) is 1. The van der Waals surface area contributed by atoms with Crippen LogP contribution in [0.2, 0.25) is 0 Å². The number of rotatable bonds is 4. The van der Waals surface area contributed by atoms with Crippen LogP contribution >= 0.6 is 46.4 Å². The lowest BCUT2D eigenvalue weighted by Gasteiger charge is -2.47. The lowest BCUT2D eigenvalue weighted by atomic mass is 9.86. The summed E-state index contributed by atoms with van der Waals surface area (Å²) >= 11 is 24.3. The van der Waals surface area contributed by atoms with Crippen molar-refractivity contribution in [1.29, 1.82) is 0 Å². The van der Waals surface area contributed by atoms with E-state index in [0.29, 0.717) is 5.92 Å². The highest BCUT2D eigenvalue weighted by Gasteiger charge is 2.42. The second kappa shape index (κ2) is 8.23. The van der Waals surface area contributed by atoms with Crippen molar-refractivity contribution in [3.8, 4) is 0 Å². The lowest BCUT2D eigenvalue weighted by Crippen LogP contribution is -2.75. The molecule has 6 nitrogen and oxygen atoms in total. The van der Waals surface area contributed by atoms with Crippen LogP contribution in [0.4, 0.5) is 0 Å². The number of carbonyl (C=O) groups is 1. The highest BCUT2D eigenvalue weighted by molar-refractivity contribution is 6.68. The molecule has 134 valence electrons. The molecule has 1 saturated carbocycles. The van der Waals surface area contributed by atoms with E-state index in [-0.39, 0.29) is 18.1 Å². The number of aliphatic carboxylic acids is 1. The first-order chi connectivity index (χ1) is 10.7. The maximum absolute atomic E-state index is 10.9. The first-order valence-corrected chi connectivity index (χ1v) is 9.15. The van der Waals surface area contributed by atoms with Crippen molar-refractivity contribution >= 4 is 52.4 Å². The van der Waals surface area contributed by atoms with Crippen molar-refractivity contribution in [3.63, 3.8) is 0 Å². The number of likely N-dealkylation sites (N-methyl/N-ethyl adjacent to an activating group) is 1. The van der Waals surface area contributed by atoms with Gasteiger partial charge in [0.15, 0.2) is 0 Å². The minimum absolute atomic E-state index is 0.0812. The summed E-state index contributed by atoms with van der Waals surface area (Å²) in [6.07, 6.45) is 2.77. The summed E-state index contributed by atoms with van der Waals surface area (Å²) in [5, 5.41) is 18.9. The molecule has 10 heteroatoms. The molecule has 0 aromatic rings. The summed E-state index contributed by atoms with van der Waals surface area (Å²) in [7, 11) is 1.70. The van der Waals surface area contributed by atoms with Crippen LogP contribution in [0, 0.1) is 5.92 Å². The minimum atomic E-state index is -1.55. The van der Waals surface area contributed by atoms with E-state index in [2.05, 4.69) is 16.0 Å². The Morgan fingerprint density at radius 1 is 1.17 bits per heavy atom. The van der Waals surface area contributed by atoms with E-state index in [4.69, 9.17) is 51.5 Å². The highest BCUT2D eigenvalue weighted by atomic mass is 35.6. The predicted octanol–water partition coefficient (Wildman–Crippen LogP) is 1.89. The van der Waals surface area contributed by atoms with E-state index >= 15 is 0 Å². The van der Waals surface area contributed by atoms with Gasteiger partial charge in [-0.1, -0.05) is 34.8 Å². The highest BCUT2D eigenvalue weighted by Crippen LogP contribution is 2.34. The molecule has 3 unspecified atom stereocenters. The summed E-state index contributed by atoms with van der Waals surface area (Å²) in [5.74, 6) is -0.568. The minimum Gasteiger partial charge on any atom is -0.480 e. The van der Waals surface area contributed by atoms with Gasteiger partial charge in [-0.2, -0.15) is 0 Å². The van der Waals surface area contributed by atoms with Gasteiger partial charge in [-0.05, 0) is 38.6 Å². The Kier molecular flexibility index (Phi) is 7.08. The Hall–Kier alpha value is 0.470. The third-order valence-electron chi connectivity index (χ3n) is 4.33. The van der Waals surface area contributed by atoms with E-state index in [1.807, 2.05) is 0 Å². The van der Waals surface area contributed by atoms with Gasteiger partial charge >= 0.3 is 5.97 Å². The van der Waals surface area contributed by atoms with E-state index in [0.717, 1.165) is 25.7 Å². The smallest absolute Gasteiger partial charge is 0.317 e. The second-order valence-electron chi connectivity index (χ2n) is 6.18. The molecule has 1 aliphatic heterocycles. The van der Waals surface area contributed by atoms with Crippen molar-refractivity contribution in [1.82, 2.24) is 20.9 Å². The number of nitrogens with one attached hydrogen (secondary N) is 3. The molecule has 0 spiro atoms. The van der Waals surface area contributed by atoms with Gasteiger partial charge in [0.05, 0.1) is 12.7 Å². The summed E-state index contributed by atoms with van der Waals surface area (Å²) in [5.41, 5.74) is 0. The Bertz CT molecular complexity index is 415. The summed E-state index contributed by atoms with van der Waals surface area (Å²) < 4.78 is -1.55. The van der Waals surface area contributed by atoms with Gasteiger partial charge < -0.3 is 5.11 Å². The van der Waals surface area contributed by atoms with E-state index in [1.165, 1.54) is 0 Å². The van der Waals surface area contributed by atoms with Crippen LogP contribution in [0.1, 0.15) is 25.7 Å². The Balaban J connectivity index is 2.07. The van der Waals surface area contributed by atoms with E-state index in [9.17, 15) is 4.79 Å².